The van der Waals surface area contributed by atoms with E-state index < -0.39 is 29.6 Å². The number of amides is 1. The Hall–Kier alpha value is -3.27. The van der Waals surface area contributed by atoms with E-state index in [1.165, 1.54) is 28.4 Å². The van der Waals surface area contributed by atoms with Crippen LogP contribution in [0.2, 0.25) is 0 Å². The van der Waals surface area contributed by atoms with Gasteiger partial charge in [-0.2, -0.15) is 18.3 Å². The maximum Gasteiger partial charge on any atom is 0.433 e. The summed E-state index contributed by atoms with van der Waals surface area (Å²) in [5.74, 6) is -0.971. The number of fused-ring (bicyclic) bond motifs is 1. The molecule has 5 rings (SSSR count). The minimum atomic E-state index is -4.69. The maximum absolute atomic E-state index is 14.3. The summed E-state index contributed by atoms with van der Waals surface area (Å²) in [5, 5.41) is 5.70. The standard InChI is InChI=1S/C22H16F4N4OS/c23-14-6-2-1-5-13(14)17-7-3-9-29(17)21(31)16-12-20-27-15(18-8-4-10-32-18)11-19(22(24,25)26)30(20)28-16/h1-2,4-6,8,10-12,17H,3,7,9H2. The number of halogens is 4. The number of carbonyl (C=O) groups excluding carboxylic acids is 1. The van der Waals surface area contributed by atoms with Crippen LogP contribution >= 0.6 is 11.3 Å². The maximum atomic E-state index is 14.3. The van der Waals surface area contributed by atoms with E-state index in [1.54, 1.807) is 35.7 Å². The molecule has 0 aliphatic carbocycles. The van der Waals surface area contributed by atoms with Gasteiger partial charge in [0.05, 0.1) is 16.6 Å². The molecule has 1 atom stereocenters. The Morgan fingerprint density at radius 1 is 1.12 bits per heavy atom. The van der Waals surface area contributed by atoms with Crippen LogP contribution in [0.25, 0.3) is 16.2 Å². The van der Waals surface area contributed by atoms with Crippen LogP contribution < -0.4 is 0 Å². The number of nitrogens with zero attached hydrogens (tertiary/aromatic N) is 4. The zero-order valence-corrected chi connectivity index (χ0v) is 17.3. The molecule has 1 saturated heterocycles. The van der Waals surface area contributed by atoms with E-state index in [1.807, 2.05) is 0 Å². The van der Waals surface area contributed by atoms with E-state index in [4.69, 9.17) is 0 Å². The molecule has 10 heteroatoms. The van der Waals surface area contributed by atoms with E-state index in [-0.39, 0.29) is 17.0 Å². The van der Waals surface area contributed by atoms with Crippen molar-refractivity contribution in [3.8, 4) is 10.6 Å². The van der Waals surface area contributed by atoms with Gasteiger partial charge in [-0.15, -0.1) is 11.3 Å². The molecule has 0 bridgehead atoms. The number of carbonyl (C=O) groups is 1. The lowest BCUT2D eigenvalue weighted by Crippen LogP contribution is -2.31. The van der Waals surface area contributed by atoms with E-state index in [2.05, 4.69) is 10.1 Å². The highest BCUT2D eigenvalue weighted by Gasteiger charge is 2.37. The highest BCUT2D eigenvalue weighted by Crippen LogP contribution is 2.36. The molecule has 1 aliphatic rings. The van der Waals surface area contributed by atoms with Crippen molar-refractivity contribution in [2.24, 2.45) is 0 Å². The van der Waals surface area contributed by atoms with Crippen molar-refractivity contribution < 1.29 is 22.4 Å². The molecule has 5 nitrogen and oxygen atoms in total. The first-order valence-electron chi connectivity index (χ1n) is 9.90. The number of thiophene rings is 1. The quantitative estimate of drug-likeness (QED) is 0.375. The summed E-state index contributed by atoms with van der Waals surface area (Å²) in [5.41, 5.74) is -0.708. The molecule has 0 spiro atoms. The van der Waals surface area contributed by atoms with E-state index in [0.29, 0.717) is 34.3 Å². The second-order valence-electron chi connectivity index (χ2n) is 7.48. The van der Waals surface area contributed by atoms with Crippen LogP contribution in [0, 0.1) is 5.82 Å². The summed E-state index contributed by atoms with van der Waals surface area (Å²) in [7, 11) is 0. The predicted molar refractivity (Wildman–Crippen MR) is 111 cm³/mol. The number of hydrogen-bond acceptors (Lipinski definition) is 4. The third-order valence-corrected chi connectivity index (χ3v) is 6.38. The largest absolute Gasteiger partial charge is 0.433 e. The van der Waals surface area contributed by atoms with Crippen LogP contribution in [0.15, 0.2) is 53.9 Å². The van der Waals surface area contributed by atoms with Crippen molar-refractivity contribution >= 4 is 22.9 Å². The normalized spacial score (nSPS) is 16.8. The molecule has 1 aromatic carbocycles. The number of hydrogen-bond donors (Lipinski definition) is 0. The third kappa shape index (κ3) is 3.54. The van der Waals surface area contributed by atoms with Crippen molar-refractivity contribution in [3.63, 3.8) is 0 Å². The van der Waals surface area contributed by atoms with E-state index >= 15 is 0 Å². The first-order valence-corrected chi connectivity index (χ1v) is 10.8. The molecule has 32 heavy (non-hydrogen) atoms. The SMILES string of the molecule is O=C(c1cc2nc(-c3cccs3)cc(C(F)(F)F)n2n1)N1CCCC1c1ccccc1F. The second kappa shape index (κ2) is 7.70. The zero-order chi connectivity index (χ0) is 22.5. The number of benzene rings is 1. The number of rotatable bonds is 3. The highest BCUT2D eigenvalue weighted by molar-refractivity contribution is 7.13. The van der Waals surface area contributed by atoms with Crippen LogP contribution in [-0.2, 0) is 6.18 Å². The first kappa shape index (κ1) is 20.6. The van der Waals surface area contributed by atoms with Gasteiger partial charge in [0.1, 0.15) is 5.82 Å². The van der Waals surface area contributed by atoms with Crippen molar-refractivity contribution in [2.75, 3.05) is 6.54 Å². The van der Waals surface area contributed by atoms with Crippen molar-refractivity contribution in [1.82, 2.24) is 19.5 Å². The van der Waals surface area contributed by atoms with Gasteiger partial charge >= 0.3 is 6.18 Å². The fourth-order valence-electron chi connectivity index (χ4n) is 4.06. The van der Waals surface area contributed by atoms with Gasteiger partial charge in [0.15, 0.2) is 17.0 Å². The number of aromatic nitrogens is 3. The van der Waals surface area contributed by atoms with E-state index in [9.17, 15) is 22.4 Å². The van der Waals surface area contributed by atoms with Crippen LogP contribution in [0.3, 0.4) is 0 Å². The van der Waals surface area contributed by atoms with Crippen LogP contribution in [-0.4, -0.2) is 31.9 Å². The Morgan fingerprint density at radius 2 is 1.94 bits per heavy atom. The number of alkyl halides is 3. The van der Waals surface area contributed by atoms with Gasteiger partial charge < -0.3 is 4.90 Å². The summed E-state index contributed by atoms with van der Waals surface area (Å²) in [6.45, 7) is 0.367. The molecule has 164 valence electrons. The first-order chi connectivity index (χ1) is 15.3. The molecule has 0 N–H and O–H groups in total. The van der Waals surface area contributed by atoms with E-state index in [0.717, 1.165) is 6.07 Å². The minimum Gasteiger partial charge on any atom is -0.330 e. The van der Waals surface area contributed by atoms with Gasteiger partial charge in [-0.05, 0) is 36.4 Å². The average Bonchev–Trinajstić information content (AvgIpc) is 3.52. The fraction of sp³-hybridized carbons (Fsp3) is 0.227. The van der Waals surface area contributed by atoms with Gasteiger partial charge in [0.25, 0.3) is 5.91 Å². The molecule has 4 aromatic rings. The molecule has 1 aliphatic heterocycles. The molecule has 1 fully saturated rings. The smallest absolute Gasteiger partial charge is 0.330 e. The topological polar surface area (TPSA) is 50.5 Å². The Labute approximate surface area is 183 Å². The fourth-order valence-corrected chi connectivity index (χ4v) is 4.74. The summed E-state index contributed by atoms with van der Waals surface area (Å²) in [6.07, 6.45) is -3.47. The Bertz CT molecular complexity index is 1300. The molecule has 1 unspecified atom stereocenters. The van der Waals surface area contributed by atoms with Gasteiger partial charge in [0, 0.05) is 18.2 Å². The van der Waals surface area contributed by atoms with Gasteiger partial charge in [-0.1, -0.05) is 24.3 Å². The molecule has 4 heterocycles. The summed E-state index contributed by atoms with van der Waals surface area (Å²) in [6, 6.07) is 11.3. The molecular weight excluding hydrogens is 444 g/mol. The van der Waals surface area contributed by atoms with Gasteiger partial charge in [-0.25, -0.2) is 13.9 Å². The second-order valence-corrected chi connectivity index (χ2v) is 8.43. The highest BCUT2D eigenvalue weighted by atomic mass is 32.1. The monoisotopic (exact) mass is 460 g/mol. The molecule has 1 amide bonds. The lowest BCUT2D eigenvalue weighted by molar-refractivity contribution is -0.142. The average molecular weight is 460 g/mol. The van der Waals surface area contributed by atoms with Gasteiger partial charge in [-0.3, -0.25) is 4.79 Å². The molecule has 0 radical (unpaired) electrons. The van der Waals surface area contributed by atoms with Crippen molar-refractivity contribution in [1.29, 1.82) is 0 Å². The molecule has 3 aromatic heterocycles. The Morgan fingerprint density at radius 3 is 2.66 bits per heavy atom. The van der Waals surface area contributed by atoms with Crippen LogP contribution in [0.4, 0.5) is 17.6 Å². The summed E-state index contributed by atoms with van der Waals surface area (Å²) < 4.78 is 56.2. The van der Waals surface area contributed by atoms with Crippen LogP contribution in [0.1, 0.15) is 40.6 Å². The third-order valence-electron chi connectivity index (χ3n) is 5.49. The summed E-state index contributed by atoms with van der Waals surface area (Å²) in [4.78, 5) is 19.5. The van der Waals surface area contributed by atoms with Crippen molar-refractivity contribution in [2.45, 2.75) is 25.1 Å². The van der Waals surface area contributed by atoms with Gasteiger partial charge in [0.2, 0.25) is 0 Å². The van der Waals surface area contributed by atoms with Crippen molar-refractivity contribution in [3.05, 3.63) is 76.7 Å². The lowest BCUT2D eigenvalue weighted by atomic mass is 10.0. The predicted octanol–water partition coefficient (Wildman–Crippen LogP) is 5.59. The zero-order valence-electron chi connectivity index (χ0n) is 16.5. The molecule has 0 saturated carbocycles. The lowest BCUT2D eigenvalue weighted by Gasteiger charge is -2.24. The summed E-state index contributed by atoms with van der Waals surface area (Å²) >= 11 is 1.27. The minimum absolute atomic E-state index is 0.0757. The Kier molecular flexibility index (Phi) is 4.96. The number of likely N-dealkylation sites (tertiary alicyclic amines) is 1. The van der Waals surface area contributed by atoms with Crippen LogP contribution in [0.5, 0.6) is 0 Å². The Balaban J connectivity index is 1.57. The molecular formula is C22H16F4N4OS.